The van der Waals surface area contributed by atoms with Crippen LogP contribution >= 0.6 is 0 Å². The van der Waals surface area contributed by atoms with Gasteiger partial charge in [-0.15, -0.1) is 5.10 Å². The largest absolute Gasteiger partial charge is 0.401 e. The molecule has 0 spiro atoms. The Kier molecular flexibility index (Phi) is 6.94. The number of nitrogens with one attached hydrogen (secondary N) is 1. The van der Waals surface area contributed by atoms with E-state index in [0.29, 0.717) is 11.3 Å². The van der Waals surface area contributed by atoms with E-state index in [-0.39, 0.29) is 41.8 Å². The van der Waals surface area contributed by atoms with Gasteiger partial charge >= 0.3 is 24.3 Å². The van der Waals surface area contributed by atoms with Gasteiger partial charge in [-0.3, -0.25) is 19.6 Å². The Morgan fingerprint density at radius 3 is 2.52 bits per heavy atom. The van der Waals surface area contributed by atoms with E-state index in [4.69, 9.17) is 0 Å². The lowest BCUT2D eigenvalue weighted by Gasteiger charge is -2.19. The maximum Gasteiger partial charge on any atom is 0.389 e. The molecule has 1 aromatic carbocycles. The van der Waals surface area contributed by atoms with Crippen molar-refractivity contribution in [2.75, 3.05) is 29.9 Å². The first-order valence-electron chi connectivity index (χ1n) is 11.8. The van der Waals surface area contributed by atoms with E-state index in [1.54, 1.807) is 24.3 Å². The molecule has 15 heteroatoms. The van der Waals surface area contributed by atoms with Gasteiger partial charge in [-0.2, -0.15) is 8.78 Å². The summed E-state index contributed by atoms with van der Waals surface area (Å²) in [5.41, 5.74) is 0.320. The van der Waals surface area contributed by atoms with E-state index in [9.17, 15) is 23.2 Å². The van der Waals surface area contributed by atoms with Crippen LogP contribution < -0.4 is 25.5 Å². The number of hydrogen-bond donors (Lipinski definition) is 1. The third-order valence-electron chi connectivity index (χ3n) is 6.15. The molecule has 0 unspecified atom stereocenters. The first-order chi connectivity index (χ1) is 19.2. The summed E-state index contributed by atoms with van der Waals surface area (Å²) in [5.74, 6) is -1.33. The van der Waals surface area contributed by atoms with E-state index in [1.807, 2.05) is 0 Å². The fourth-order valence-electron chi connectivity index (χ4n) is 4.25. The highest BCUT2D eigenvalue weighted by Gasteiger charge is 2.34. The minimum atomic E-state index is -3.21. The van der Waals surface area contributed by atoms with Crippen molar-refractivity contribution in [3.05, 3.63) is 76.7 Å². The number of ether oxygens (including phenoxy) is 1. The highest BCUT2D eigenvalue weighted by molar-refractivity contribution is 6.06. The molecule has 1 saturated heterocycles. The number of hydrogen-bond acceptors (Lipinski definition) is 7. The normalized spacial score (nSPS) is 13.3. The molecule has 40 heavy (non-hydrogen) atoms. The number of halogens is 3. The minimum Gasteiger partial charge on any atom is -0.401 e. The van der Waals surface area contributed by atoms with Crippen LogP contribution in [-0.2, 0) is 7.05 Å². The summed E-state index contributed by atoms with van der Waals surface area (Å²) in [7, 11) is 2.77. The molecular formula is C25H21F3N8O4. The molecule has 12 nitrogen and oxygen atoms in total. The van der Waals surface area contributed by atoms with Gasteiger partial charge in [0, 0.05) is 50.2 Å². The topological polar surface area (TPSA) is 127 Å². The van der Waals surface area contributed by atoms with Crippen molar-refractivity contribution in [3.63, 3.8) is 0 Å². The number of aryl methyl sites for hydroxylation is 1. The SMILES string of the molecule is CNC(=O)c1cccc(N2CCN(c3nccc(-c4ccc(-n5c(OC(F)F)nn(C)c5=O)cn4)c3F)C2=O)c1. The molecule has 206 valence electrons. The molecule has 0 aliphatic carbocycles. The predicted octanol–water partition coefficient (Wildman–Crippen LogP) is 2.57. The highest BCUT2D eigenvalue weighted by Crippen LogP contribution is 2.31. The molecule has 3 aromatic heterocycles. The fourth-order valence-corrected chi connectivity index (χ4v) is 4.25. The molecule has 1 aliphatic heterocycles. The van der Waals surface area contributed by atoms with Crippen LogP contribution in [0.2, 0.25) is 0 Å². The number of benzene rings is 1. The van der Waals surface area contributed by atoms with Gasteiger partial charge in [-0.1, -0.05) is 6.07 Å². The number of nitrogens with zero attached hydrogens (tertiary/aromatic N) is 7. The molecule has 0 radical (unpaired) electrons. The number of amides is 3. The molecule has 4 aromatic rings. The number of urea groups is 1. The summed E-state index contributed by atoms with van der Waals surface area (Å²) in [6.45, 7) is -2.84. The second-order valence-corrected chi connectivity index (χ2v) is 8.52. The number of alkyl halides is 2. The molecule has 3 amide bonds. The van der Waals surface area contributed by atoms with E-state index in [2.05, 4.69) is 25.1 Å². The molecule has 1 aliphatic rings. The van der Waals surface area contributed by atoms with Crippen molar-refractivity contribution in [1.29, 1.82) is 0 Å². The predicted molar refractivity (Wildman–Crippen MR) is 136 cm³/mol. The second kappa shape index (κ2) is 10.5. The molecule has 5 rings (SSSR count). The summed E-state index contributed by atoms with van der Waals surface area (Å²) in [6.07, 6.45) is 2.50. The van der Waals surface area contributed by atoms with Gasteiger partial charge in [0.05, 0.1) is 17.6 Å². The number of aromatic nitrogens is 5. The highest BCUT2D eigenvalue weighted by atomic mass is 19.3. The summed E-state index contributed by atoms with van der Waals surface area (Å²) in [5, 5.41) is 6.16. The third kappa shape index (κ3) is 4.72. The average molecular weight is 554 g/mol. The molecular weight excluding hydrogens is 533 g/mol. The van der Waals surface area contributed by atoms with Gasteiger partial charge in [-0.05, 0) is 36.4 Å². The Labute approximate surface area is 224 Å². The number of rotatable bonds is 7. The van der Waals surface area contributed by atoms with Gasteiger partial charge in [0.2, 0.25) is 0 Å². The van der Waals surface area contributed by atoms with Crippen molar-refractivity contribution >= 4 is 23.4 Å². The van der Waals surface area contributed by atoms with Gasteiger partial charge in [-0.25, -0.2) is 28.2 Å². The van der Waals surface area contributed by atoms with Gasteiger partial charge in [0.15, 0.2) is 11.6 Å². The number of carbonyl (C=O) groups excluding carboxylic acids is 2. The van der Waals surface area contributed by atoms with Crippen LogP contribution in [0.5, 0.6) is 6.01 Å². The van der Waals surface area contributed by atoms with E-state index < -0.39 is 30.2 Å². The molecule has 0 saturated carbocycles. The molecule has 0 bridgehead atoms. The quantitative estimate of drug-likeness (QED) is 0.372. The molecule has 1 fully saturated rings. The van der Waals surface area contributed by atoms with Crippen molar-refractivity contribution < 1.29 is 27.5 Å². The Morgan fingerprint density at radius 2 is 1.82 bits per heavy atom. The summed E-state index contributed by atoms with van der Waals surface area (Å²) >= 11 is 0. The number of carbonyl (C=O) groups is 2. The standard InChI is InChI=1S/C25H21F3N8O4/c1-29-21(37)14-4-3-5-15(12-14)34-10-11-35(25(34)39)20-19(26)17(8-9-30-20)18-7-6-16(13-31-18)36-23(40-22(27)28)32-33(2)24(36)38/h3-9,12-13,22H,10-11H2,1-2H3,(H,29,37). The van der Waals surface area contributed by atoms with E-state index in [0.717, 1.165) is 9.25 Å². The lowest BCUT2D eigenvalue weighted by Crippen LogP contribution is -2.33. The zero-order chi connectivity index (χ0) is 28.6. The fraction of sp³-hybridized carbons (Fsp3) is 0.200. The van der Waals surface area contributed by atoms with E-state index >= 15 is 4.39 Å². The Morgan fingerprint density at radius 1 is 1.05 bits per heavy atom. The summed E-state index contributed by atoms with van der Waals surface area (Å²) < 4.78 is 47.2. The Balaban J connectivity index is 1.42. The zero-order valence-corrected chi connectivity index (χ0v) is 21.1. The van der Waals surface area contributed by atoms with Crippen LogP contribution in [0.25, 0.3) is 16.9 Å². The lowest BCUT2D eigenvalue weighted by molar-refractivity contribution is -0.0575. The van der Waals surface area contributed by atoms with E-state index in [1.165, 1.54) is 54.5 Å². The smallest absolute Gasteiger partial charge is 0.389 e. The molecule has 4 heterocycles. The zero-order valence-electron chi connectivity index (χ0n) is 21.1. The van der Waals surface area contributed by atoms with Gasteiger partial charge < -0.3 is 10.1 Å². The minimum absolute atomic E-state index is 0.0204. The number of anilines is 2. The van der Waals surface area contributed by atoms with Crippen LogP contribution in [0, 0.1) is 5.82 Å². The molecule has 1 N–H and O–H groups in total. The Bertz CT molecular complexity index is 1650. The van der Waals surface area contributed by atoms with Crippen LogP contribution in [-0.4, -0.2) is 63.0 Å². The maximum absolute atomic E-state index is 15.7. The third-order valence-corrected chi connectivity index (χ3v) is 6.15. The first kappa shape index (κ1) is 26.4. The lowest BCUT2D eigenvalue weighted by atomic mass is 10.1. The average Bonchev–Trinajstić information content (AvgIpc) is 3.46. The monoisotopic (exact) mass is 554 g/mol. The Hall–Kier alpha value is -5.21. The summed E-state index contributed by atoms with van der Waals surface area (Å²) in [6, 6.07) is 9.45. The van der Waals surface area contributed by atoms with Crippen molar-refractivity contribution in [1.82, 2.24) is 29.6 Å². The van der Waals surface area contributed by atoms with Crippen LogP contribution in [0.15, 0.2) is 59.7 Å². The van der Waals surface area contributed by atoms with Crippen molar-refractivity contribution in [3.8, 4) is 23.0 Å². The van der Waals surface area contributed by atoms with Crippen molar-refractivity contribution in [2.24, 2.45) is 7.05 Å². The molecule has 0 atom stereocenters. The van der Waals surface area contributed by atoms with Gasteiger partial charge in [0.25, 0.3) is 5.91 Å². The van der Waals surface area contributed by atoms with Crippen LogP contribution in [0.4, 0.5) is 29.5 Å². The summed E-state index contributed by atoms with van der Waals surface area (Å²) in [4.78, 5) is 48.4. The maximum atomic E-state index is 15.7. The number of pyridine rings is 2. The van der Waals surface area contributed by atoms with Gasteiger partial charge in [0.1, 0.15) is 0 Å². The van der Waals surface area contributed by atoms with Crippen LogP contribution in [0.3, 0.4) is 0 Å². The second-order valence-electron chi connectivity index (χ2n) is 8.52. The first-order valence-corrected chi connectivity index (χ1v) is 11.8. The van der Waals surface area contributed by atoms with Crippen molar-refractivity contribution in [2.45, 2.75) is 6.61 Å². The van der Waals surface area contributed by atoms with Crippen LogP contribution in [0.1, 0.15) is 10.4 Å².